The largest absolute Gasteiger partial charge is 0.465 e. The van der Waals surface area contributed by atoms with Crippen LogP contribution < -0.4 is 0 Å². The van der Waals surface area contributed by atoms with Gasteiger partial charge in [-0.05, 0) is 30.0 Å². The van der Waals surface area contributed by atoms with E-state index in [9.17, 15) is 4.79 Å². The maximum Gasteiger partial charge on any atom is 0.338 e. The van der Waals surface area contributed by atoms with Crippen LogP contribution in [0.15, 0.2) is 18.2 Å². The molecule has 0 atom stereocenters. The molecular weight excluding hydrogens is 247 g/mol. The summed E-state index contributed by atoms with van der Waals surface area (Å²) in [5.41, 5.74) is 2.46. The van der Waals surface area contributed by atoms with Crippen LogP contribution >= 0.6 is 23.2 Å². The second-order valence-corrected chi connectivity index (χ2v) is 4.05. The summed E-state index contributed by atoms with van der Waals surface area (Å²) in [7, 11) is 1.38. The van der Waals surface area contributed by atoms with Gasteiger partial charge in [-0.2, -0.15) is 0 Å². The van der Waals surface area contributed by atoms with Crippen molar-refractivity contribution in [2.45, 2.75) is 18.7 Å². The lowest BCUT2D eigenvalue weighted by Crippen LogP contribution is -2.06. The summed E-state index contributed by atoms with van der Waals surface area (Å²) >= 11 is 11.4. The van der Waals surface area contributed by atoms with E-state index in [1.54, 1.807) is 6.07 Å². The van der Waals surface area contributed by atoms with E-state index in [0.717, 1.165) is 24.0 Å². The normalized spacial score (nSPS) is 10.2. The van der Waals surface area contributed by atoms with E-state index in [1.165, 1.54) is 7.11 Å². The number of methoxy groups -OCH3 is 1. The molecule has 1 rings (SSSR count). The molecule has 0 N–H and O–H groups in total. The van der Waals surface area contributed by atoms with E-state index in [4.69, 9.17) is 27.9 Å². The lowest BCUT2D eigenvalue weighted by molar-refractivity contribution is 0.0599. The van der Waals surface area contributed by atoms with Crippen LogP contribution in [-0.2, 0) is 17.0 Å². The maximum atomic E-state index is 11.6. The molecule has 0 spiro atoms. The van der Waals surface area contributed by atoms with Crippen LogP contribution in [0.1, 0.15) is 27.9 Å². The first-order chi connectivity index (χ1) is 7.72. The standard InChI is InChI=1S/C12H14Cl2O2/c1-16-12(15)11-7-9(8-14)4-5-10(11)3-2-6-13/h4-5,7H,2-3,6,8H2,1H3. The smallest absolute Gasteiger partial charge is 0.338 e. The van der Waals surface area contributed by atoms with Gasteiger partial charge in [-0.3, -0.25) is 0 Å². The number of esters is 1. The van der Waals surface area contributed by atoms with E-state index in [1.807, 2.05) is 12.1 Å². The van der Waals surface area contributed by atoms with Crippen LogP contribution in [0.3, 0.4) is 0 Å². The Morgan fingerprint density at radius 2 is 2.12 bits per heavy atom. The summed E-state index contributed by atoms with van der Waals surface area (Å²) in [6, 6.07) is 5.61. The van der Waals surface area contributed by atoms with Gasteiger partial charge in [-0.1, -0.05) is 12.1 Å². The fourth-order valence-electron chi connectivity index (χ4n) is 1.48. The number of rotatable bonds is 5. The number of hydrogen-bond donors (Lipinski definition) is 0. The first kappa shape index (κ1) is 13.3. The molecule has 0 saturated heterocycles. The van der Waals surface area contributed by atoms with Gasteiger partial charge < -0.3 is 4.74 Å². The Morgan fingerprint density at radius 3 is 2.69 bits per heavy atom. The number of carbonyl (C=O) groups is 1. The van der Waals surface area contributed by atoms with Crippen LogP contribution in [0.2, 0.25) is 0 Å². The molecule has 0 aliphatic carbocycles. The molecule has 88 valence electrons. The molecule has 1 aromatic carbocycles. The number of aryl methyl sites for hydroxylation is 1. The molecule has 0 unspecified atom stereocenters. The van der Waals surface area contributed by atoms with Gasteiger partial charge in [0.15, 0.2) is 0 Å². The van der Waals surface area contributed by atoms with Crippen molar-refractivity contribution in [2.24, 2.45) is 0 Å². The molecule has 0 aliphatic rings. The van der Waals surface area contributed by atoms with Crippen LogP contribution in [0.4, 0.5) is 0 Å². The highest BCUT2D eigenvalue weighted by molar-refractivity contribution is 6.17. The number of alkyl halides is 2. The summed E-state index contributed by atoms with van der Waals surface area (Å²) in [4.78, 5) is 11.6. The van der Waals surface area contributed by atoms with Crippen LogP contribution in [0.25, 0.3) is 0 Å². The van der Waals surface area contributed by atoms with Crippen molar-refractivity contribution in [3.05, 3.63) is 34.9 Å². The zero-order valence-corrected chi connectivity index (χ0v) is 10.6. The monoisotopic (exact) mass is 260 g/mol. The predicted molar refractivity (Wildman–Crippen MR) is 66.4 cm³/mol. The Balaban J connectivity index is 3.01. The fourth-order valence-corrected chi connectivity index (χ4v) is 1.78. The van der Waals surface area contributed by atoms with Gasteiger partial charge in [-0.25, -0.2) is 4.79 Å². The number of carbonyl (C=O) groups excluding carboxylic acids is 1. The number of ether oxygens (including phenoxy) is 1. The first-order valence-corrected chi connectivity index (χ1v) is 6.12. The summed E-state index contributed by atoms with van der Waals surface area (Å²) in [5.74, 6) is 0.647. The Bertz CT molecular complexity index is 364. The second kappa shape index (κ2) is 6.77. The van der Waals surface area contributed by atoms with Crippen molar-refractivity contribution in [1.82, 2.24) is 0 Å². The highest BCUT2D eigenvalue weighted by atomic mass is 35.5. The lowest BCUT2D eigenvalue weighted by atomic mass is 10.0. The SMILES string of the molecule is COC(=O)c1cc(CCl)ccc1CCCCl. The number of hydrogen-bond acceptors (Lipinski definition) is 2. The highest BCUT2D eigenvalue weighted by Crippen LogP contribution is 2.17. The molecular formula is C12H14Cl2O2. The molecule has 4 heteroatoms. The minimum Gasteiger partial charge on any atom is -0.465 e. The van der Waals surface area contributed by atoms with Gasteiger partial charge >= 0.3 is 5.97 Å². The average Bonchev–Trinajstić information content (AvgIpc) is 2.35. The molecule has 0 aromatic heterocycles. The van der Waals surface area contributed by atoms with Crippen molar-refractivity contribution in [1.29, 1.82) is 0 Å². The predicted octanol–water partition coefficient (Wildman–Crippen LogP) is 3.38. The van der Waals surface area contributed by atoms with Crippen molar-refractivity contribution < 1.29 is 9.53 Å². The van der Waals surface area contributed by atoms with Crippen LogP contribution in [-0.4, -0.2) is 19.0 Å². The molecule has 2 nitrogen and oxygen atoms in total. The Labute approximate surface area is 106 Å². The third-order valence-corrected chi connectivity index (χ3v) is 2.89. The lowest BCUT2D eigenvalue weighted by Gasteiger charge is -2.08. The molecule has 1 aromatic rings. The van der Waals surface area contributed by atoms with E-state index < -0.39 is 0 Å². The molecule has 0 bridgehead atoms. The summed E-state index contributed by atoms with van der Waals surface area (Å²) in [5, 5.41) is 0. The molecule has 0 saturated carbocycles. The number of benzene rings is 1. The highest BCUT2D eigenvalue weighted by Gasteiger charge is 2.12. The van der Waals surface area contributed by atoms with Crippen molar-refractivity contribution in [3.8, 4) is 0 Å². The van der Waals surface area contributed by atoms with Gasteiger partial charge in [0.1, 0.15) is 0 Å². The van der Waals surface area contributed by atoms with Crippen molar-refractivity contribution in [3.63, 3.8) is 0 Å². The van der Waals surface area contributed by atoms with Crippen molar-refractivity contribution >= 4 is 29.2 Å². The summed E-state index contributed by atoms with van der Waals surface area (Å²) in [6.45, 7) is 0. The molecule has 16 heavy (non-hydrogen) atoms. The zero-order valence-electron chi connectivity index (χ0n) is 9.13. The van der Waals surface area contributed by atoms with E-state index >= 15 is 0 Å². The van der Waals surface area contributed by atoms with Crippen LogP contribution in [0.5, 0.6) is 0 Å². The van der Waals surface area contributed by atoms with E-state index in [0.29, 0.717) is 17.3 Å². The summed E-state index contributed by atoms with van der Waals surface area (Å²) < 4.78 is 4.74. The van der Waals surface area contributed by atoms with E-state index in [2.05, 4.69) is 0 Å². The average molecular weight is 261 g/mol. The van der Waals surface area contributed by atoms with Crippen LogP contribution in [0, 0.1) is 0 Å². The Kier molecular flexibility index (Phi) is 5.64. The minimum atomic E-state index is -0.323. The molecule has 0 fully saturated rings. The topological polar surface area (TPSA) is 26.3 Å². The van der Waals surface area contributed by atoms with Gasteiger partial charge in [-0.15, -0.1) is 23.2 Å². The molecule has 0 amide bonds. The fraction of sp³-hybridized carbons (Fsp3) is 0.417. The van der Waals surface area contributed by atoms with E-state index in [-0.39, 0.29) is 5.97 Å². The first-order valence-electron chi connectivity index (χ1n) is 5.05. The Hall–Kier alpha value is -0.730. The van der Waals surface area contributed by atoms with Gasteiger partial charge in [0.05, 0.1) is 12.7 Å². The zero-order chi connectivity index (χ0) is 12.0. The quantitative estimate of drug-likeness (QED) is 0.600. The molecule has 0 radical (unpaired) electrons. The Morgan fingerprint density at radius 1 is 1.38 bits per heavy atom. The number of halogens is 2. The maximum absolute atomic E-state index is 11.6. The third kappa shape index (κ3) is 3.39. The second-order valence-electron chi connectivity index (χ2n) is 3.41. The van der Waals surface area contributed by atoms with Gasteiger partial charge in [0, 0.05) is 11.8 Å². The molecule has 0 aliphatic heterocycles. The van der Waals surface area contributed by atoms with Gasteiger partial charge in [0.2, 0.25) is 0 Å². The summed E-state index contributed by atoms with van der Waals surface area (Å²) in [6.07, 6.45) is 1.61. The third-order valence-electron chi connectivity index (χ3n) is 2.31. The minimum absolute atomic E-state index is 0.323. The van der Waals surface area contributed by atoms with Crippen molar-refractivity contribution in [2.75, 3.05) is 13.0 Å². The molecule has 0 heterocycles. The van der Waals surface area contributed by atoms with Gasteiger partial charge in [0.25, 0.3) is 0 Å².